The van der Waals surface area contributed by atoms with E-state index in [0.29, 0.717) is 11.5 Å². The highest BCUT2D eigenvalue weighted by atomic mass is 31.1. The van der Waals surface area contributed by atoms with Crippen LogP contribution < -0.4 is 42.1 Å². The first-order valence-electron chi connectivity index (χ1n) is 13.0. The lowest BCUT2D eigenvalue weighted by Gasteiger charge is -2.25. The SMILES string of the molecule is COCOc1cccc(P(c2ccco2)c2ccco2)c1-c1c(OCOC)cccc1P(c1ccco1)c1ccco1. The van der Waals surface area contributed by atoms with Crippen LogP contribution in [0.25, 0.3) is 11.1 Å². The molecule has 10 heteroatoms. The molecule has 214 valence electrons. The summed E-state index contributed by atoms with van der Waals surface area (Å²) in [5, 5.41) is 1.90. The van der Waals surface area contributed by atoms with E-state index in [2.05, 4.69) is 12.1 Å². The minimum Gasteiger partial charge on any atom is -0.467 e. The average Bonchev–Trinajstić information content (AvgIpc) is 3.85. The summed E-state index contributed by atoms with van der Waals surface area (Å²) in [5.74, 6) is 1.23. The fourth-order valence-corrected chi connectivity index (χ4v) is 9.03. The lowest BCUT2D eigenvalue weighted by molar-refractivity contribution is 0.0501. The van der Waals surface area contributed by atoms with E-state index in [9.17, 15) is 0 Å². The number of ether oxygens (including phenoxy) is 4. The molecule has 6 rings (SSSR count). The van der Waals surface area contributed by atoms with E-state index < -0.39 is 15.8 Å². The van der Waals surface area contributed by atoms with Crippen LogP contribution in [0.15, 0.2) is 128 Å². The Morgan fingerprint density at radius 3 is 1.12 bits per heavy atom. The molecule has 0 saturated heterocycles. The fraction of sp³-hybridized carbons (Fsp3) is 0.125. The van der Waals surface area contributed by atoms with Gasteiger partial charge in [0.05, 0.1) is 40.9 Å². The van der Waals surface area contributed by atoms with Gasteiger partial charge in [0.2, 0.25) is 0 Å². The maximum atomic E-state index is 6.24. The molecular formula is C32H28O8P2. The van der Waals surface area contributed by atoms with Crippen molar-refractivity contribution in [3.05, 3.63) is 110 Å². The lowest BCUT2D eigenvalue weighted by Crippen LogP contribution is -2.25. The van der Waals surface area contributed by atoms with E-state index in [1.54, 1.807) is 39.3 Å². The zero-order valence-electron chi connectivity index (χ0n) is 23.0. The molecule has 0 N–H and O–H groups in total. The van der Waals surface area contributed by atoms with Crippen LogP contribution >= 0.6 is 15.8 Å². The van der Waals surface area contributed by atoms with Gasteiger partial charge < -0.3 is 36.6 Å². The molecule has 4 aromatic heterocycles. The molecule has 42 heavy (non-hydrogen) atoms. The predicted molar refractivity (Wildman–Crippen MR) is 163 cm³/mol. The Morgan fingerprint density at radius 1 is 0.476 bits per heavy atom. The molecule has 0 aliphatic carbocycles. The number of rotatable bonds is 13. The third kappa shape index (κ3) is 5.67. The third-order valence-corrected chi connectivity index (χ3v) is 10.8. The molecule has 0 amide bonds. The topological polar surface area (TPSA) is 89.5 Å². The summed E-state index contributed by atoms with van der Waals surface area (Å²) in [4.78, 5) is 0. The Morgan fingerprint density at radius 2 is 0.833 bits per heavy atom. The molecule has 0 aliphatic rings. The highest BCUT2D eigenvalue weighted by Gasteiger charge is 2.33. The van der Waals surface area contributed by atoms with Gasteiger partial charge in [-0.2, -0.15) is 0 Å². The molecule has 6 aromatic rings. The Kier molecular flexibility index (Phi) is 8.88. The van der Waals surface area contributed by atoms with Crippen LogP contribution in [-0.2, 0) is 9.47 Å². The molecule has 0 unspecified atom stereocenters. The molecule has 0 atom stereocenters. The van der Waals surface area contributed by atoms with Crippen molar-refractivity contribution >= 4 is 48.5 Å². The van der Waals surface area contributed by atoms with Crippen LogP contribution in [0.2, 0.25) is 0 Å². The Labute approximate surface area is 245 Å². The summed E-state index contributed by atoms with van der Waals surface area (Å²) in [6.45, 7) is 0.106. The lowest BCUT2D eigenvalue weighted by atomic mass is 10.0. The van der Waals surface area contributed by atoms with E-state index in [1.807, 2.05) is 72.8 Å². The number of benzene rings is 2. The van der Waals surface area contributed by atoms with Crippen LogP contribution in [-0.4, -0.2) is 27.8 Å². The van der Waals surface area contributed by atoms with Gasteiger partial charge in [-0.15, -0.1) is 0 Å². The van der Waals surface area contributed by atoms with Crippen molar-refractivity contribution in [2.24, 2.45) is 0 Å². The minimum absolute atomic E-state index is 0.0530. The highest BCUT2D eigenvalue weighted by molar-refractivity contribution is 7.80. The van der Waals surface area contributed by atoms with E-state index in [0.717, 1.165) is 43.7 Å². The van der Waals surface area contributed by atoms with Crippen molar-refractivity contribution in [1.29, 1.82) is 0 Å². The van der Waals surface area contributed by atoms with Crippen LogP contribution in [0.5, 0.6) is 11.5 Å². The fourth-order valence-electron chi connectivity index (χ4n) is 4.68. The highest BCUT2D eigenvalue weighted by Crippen LogP contribution is 2.47. The maximum absolute atomic E-state index is 6.24. The van der Waals surface area contributed by atoms with Gasteiger partial charge in [0.1, 0.15) is 33.5 Å². The summed E-state index contributed by atoms with van der Waals surface area (Å²) in [5.41, 5.74) is 4.76. The van der Waals surface area contributed by atoms with E-state index in [1.165, 1.54) is 0 Å². The van der Waals surface area contributed by atoms with Gasteiger partial charge in [-0.05, 0) is 60.7 Å². The smallest absolute Gasteiger partial charge is 0.188 e. The predicted octanol–water partition coefficient (Wildman–Crippen LogP) is 5.21. The molecule has 8 nitrogen and oxygen atoms in total. The molecule has 0 bridgehead atoms. The van der Waals surface area contributed by atoms with Gasteiger partial charge in [-0.25, -0.2) is 0 Å². The number of hydrogen-bond acceptors (Lipinski definition) is 8. The minimum atomic E-state index is -1.28. The molecule has 0 radical (unpaired) electrons. The largest absolute Gasteiger partial charge is 0.467 e. The molecule has 4 heterocycles. The standard InChI is InChI=1S/C32H28O8P2/c1-33-21-39-23-9-3-11-25(41(27-13-5-17-35-27)28-14-6-18-36-28)31(23)32-24(40-22-34-2)10-4-12-26(32)42(29-15-7-19-37-29)30-16-8-20-38-30/h3-20H,21-22H2,1-2H3. The molecule has 0 saturated carbocycles. The Hall–Kier alpha value is -4.06. The van der Waals surface area contributed by atoms with Crippen LogP contribution in [0, 0.1) is 0 Å². The van der Waals surface area contributed by atoms with E-state index in [4.69, 9.17) is 36.6 Å². The number of methoxy groups -OCH3 is 2. The average molecular weight is 603 g/mol. The van der Waals surface area contributed by atoms with Crippen LogP contribution in [0.3, 0.4) is 0 Å². The quantitative estimate of drug-likeness (QED) is 0.132. The number of hydrogen-bond donors (Lipinski definition) is 0. The second-order valence-electron chi connectivity index (χ2n) is 8.88. The first kappa shape index (κ1) is 28.1. The van der Waals surface area contributed by atoms with Crippen molar-refractivity contribution in [3.8, 4) is 22.6 Å². The van der Waals surface area contributed by atoms with E-state index >= 15 is 0 Å². The molecule has 0 aliphatic heterocycles. The normalized spacial score (nSPS) is 11.4. The summed E-state index contributed by atoms with van der Waals surface area (Å²) >= 11 is 0. The second-order valence-corrected chi connectivity index (χ2v) is 12.9. The van der Waals surface area contributed by atoms with Gasteiger partial charge in [0.15, 0.2) is 13.6 Å². The van der Waals surface area contributed by atoms with Gasteiger partial charge in [0, 0.05) is 36.0 Å². The van der Waals surface area contributed by atoms with E-state index in [-0.39, 0.29) is 13.6 Å². The third-order valence-electron chi connectivity index (χ3n) is 6.31. The van der Waals surface area contributed by atoms with Crippen molar-refractivity contribution in [3.63, 3.8) is 0 Å². The Balaban J connectivity index is 1.67. The Bertz CT molecular complexity index is 1470. The van der Waals surface area contributed by atoms with Gasteiger partial charge >= 0.3 is 0 Å². The summed E-state index contributed by atoms with van der Waals surface area (Å²) < 4.78 is 47.2. The van der Waals surface area contributed by atoms with Crippen molar-refractivity contribution in [1.82, 2.24) is 0 Å². The van der Waals surface area contributed by atoms with Crippen molar-refractivity contribution in [2.75, 3.05) is 27.8 Å². The monoisotopic (exact) mass is 602 g/mol. The van der Waals surface area contributed by atoms with Crippen molar-refractivity contribution in [2.45, 2.75) is 0 Å². The van der Waals surface area contributed by atoms with Crippen LogP contribution in [0.1, 0.15) is 0 Å². The zero-order valence-corrected chi connectivity index (χ0v) is 24.8. The molecule has 0 fully saturated rings. The number of furan rings is 4. The first-order valence-corrected chi connectivity index (χ1v) is 15.7. The van der Waals surface area contributed by atoms with Crippen molar-refractivity contribution < 1.29 is 36.6 Å². The zero-order chi connectivity index (χ0) is 28.7. The maximum Gasteiger partial charge on any atom is 0.188 e. The van der Waals surface area contributed by atoms with Crippen LogP contribution in [0.4, 0.5) is 0 Å². The molecule has 0 spiro atoms. The molecular weight excluding hydrogens is 574 g/mol. The summed E-state index contributed by atoms with van der Waals surface area (Å²) in [6.07, 6.45) is 6.69. The van der Waals surface area contributed by atoms with Gasteiger partial charge in [-0.3, -0.25) is 0 Å². The second kappa shape index (κ2) is 13.3. The summed E-state index contributed by atoms with van der Waals surface area (Å²) in [7, 11) is 0.637. The summed E-state index contributed by atoms with van der Waals surface area (Å²) in [6, 6.07) is 27.3. The first-order chi connectivity index (χ1) is 20.8. The van der Waals surface area contributed by atoms with Gasteiger partial charge in [0.25, 0.3) is 0 Å². The van der Waals surface area contributed by atoms with Gasteiger partial charge in [-0.1, -0.05) is 24.3 Å². The molecule has 2 aromatic carbocycles.